The molecule has 0 spiro atoms. The average molecular weight is 322 g/mol. The number of halogens is 1. The fourth-order valence-corrected chi connectivity index (χ4v) is 3.41. The van der Waals surface area contributed by atoms with Gasteiger partial charge in [0.15, 0.2) is 0 Å². The second-order valence-electron chi connectivity index (χ2n) is 5.00. The van der Waals surface area contributed by atoms with Gasteiger partial charge < -0.3 is 0 Å². The Morgan fingerprint density at radius 2 is 1.39 bits per heavy atom. The molecule has 0 radical (unpaired) electrons. The third-order valence-corrected chi connectivity index (χ3v) is 4.87. The van der Waals surface area contributed by atoms with Gasteiger partial charge in [-0.25, -0.2) is 8.60 Å². The Bertz CT molecular complexity index is 839. The molecule has 0 aromatic heterocycles. The monoisotopic (exact) mass is 322 g/mol. The molecule has 0 aliphatic rings. The standard InChI is InChI=1S/C20H15FOS/c21-18-12-14-19(15-13-18)23(22)20-9-5-4-8-17(20)11-10-16-6-2-1-3-7-16/h1-15H/b11-10+/t23-/m0/s1. The molecule has 0 bridgehead atoms. The van der Waals surface area contributed by atoms with Crippen molar-refractivity contribution in [1.82, 2.24) is 0 Å². The van der Waals surface area contributed by atoms with Gasteiger partial charge in [-0.3, -0.25) is 0 Å². The molecule has 0 aliphatic heterocycles. The maximum atomic E-state index is 13.0. The quantitative estimate of drug-likeness (QED) is 0.606. The van der Waals surface area contributed by atoms with Crippen LogP contribution >= 0.6 is 0 Å². The van der Waals surface area contributed by atoms with E-state index in [1.807, 2.05) is 66.7 Å². The summed E-state index contributed by atoms with van der Waals surface area (Å²) in [6, 6.07) is 23.2. The van der Waals surface area contributed by atoms with Crippen molar-refractivity contribution >= 4 is 23.0 Å². The van der Waals surface area contributed by atoms with Crippen molar-refractivity contribution in [3.05, 3.63) is 95.8 Å². The lowest BCUT2D eigenvalue weighted by Crippen LogP contribution is -1.95. The normalized spacial score (nSPS) is 12.4. The summed E-state index contributed by atoms with van der Waals surface area (Å²) in [5.41, 5.74) is 1.97. The van der Waals surface area contributed by atoms with E-state index in [0.29, 0.717) is 9.79 Å². The summed E-state index contributed by atoms with van der Waals surface area (Å²) in [5, 5.41) is 0. The van der Waals surface area contributed by atoms with Gasteiger partial charge in [0.05, 0.1) is 15.7 Å². The van der Waals surface area contributed by atoms with Crippen molar-refractivity contribution in [1.29, 1.82) is 0 Å². The molecule has 1 nitrogen and oxygen atoms in total. The predicted octanol–water partition coefficient (Wildman–Crippen LogP) is 5.16. The summed E-state index contributed by atoms with van der Waals surface area (Å²) < 4.78 is 25.8. The van der Waals surface area contributed by atoms with E-state index in [0.717, 1.165) is 11.1 Å². The number of hydrogen-bond acceptors (Lipinski definition) is 1. The smallest absolute Gasteiger partial charge is 0.123 e. The van der Waals surface area contributed by atoms with Gasteiger partial charge in [0, 0.05) is 4.90 Å². The topological polar surface area (TPSA) is 17.1 Å². The van der Waals surface area contributed by atoms with Crippen LogP contribution in [-0.2, 0) is 10.8 Å². The molecule has 3 aromatic carbocycles. The maximum Gasteiger partial charge on any atom is 0.123 e. The molecular formula is C20H15FOS. The highest BCUT2D eigenvalue weighted by atomic mass is 32.2. The van der Waals surface area contributed by atoms with Crippen LogP contribution in [0.1, 0.15) is 11.1 Å². The average Bonchev–Trinajstić information content (AvgIpc) is 2.61. The molecule has 0 saturated carbocycles. The molecule has 3 aromatic rings. The molecule has 1 atom stereocenters. The van der Waals surface area contributed by atoms with Crippen LogP contribution in [-0.4, -0.2) is 4.21 Å². The van der Waals surface area contributed by atoms with Gasteiger partial charge in [0.1, 0.15) is 5.82 Å². The molecular weight excluding hydrogens is 307 g/mol. The molecule has 0 amide bonds. The van der Waals surface area contributed by atoms with Crippen LogP contribution in [0.3, 0.4) is 0 Å². The van der Waals surface area contributed by atoms with Gasteiger partial charge in [0.2, 0.25) is 0 Å². The first kappa shape index (κ1) is 15.4. The summed E-state index contributed by atoms with van der Waals surface area (Å²) in [5.74, 6) is -0.331. The lowest BCUT2D eigenvalue weighted by molar-refractivity contribution is 0.626. The van der Waals surface area contributed by atoms with Crippen molar-refractivity contribution in [2.24, 2.45) is 0 Å². The van der Waals surface area contributed by atoms with E-state index in [9.17, 15) is 8.60 Å². The van der Waals surface area contributed by atoms with E-state index < -0.39 is 10.8 Å². The van der Waals surface area contributed by atoms with Crippen molar-refractivity contribution in [3.8, 4) is 0 Å². The molecule has 0 N–H and O–H groups in total. The summed E-state index contributed by atoms with van der Waals surface area (Å²) in [4.78, 5) is 1.30. The minimum absolute atomic E-state index is 0.331. The van der Waals surface area contributed by atoms with Gasteiger partial charge >= 0.3 is 0 Å². The van der Waals surface area contributed by atoms with E-state index in [1.165, 1.54) is 12.1 Å². The van der Waals surface area contributed by atoms with Crippen molar-refractivity contribution in [2.75, 3.05) is 0 Å². The maximum absolute atomic E-state index is 13.0. The molecule has 23 heavy (non-hydrogen) atoms. The summed E-state index contributed by atoms with van der Waals surface area (Å²) >= 11 is 0. The third kappa shape index (κ3) is 3.82. The van der Waals surface area contributed by atoms with Crippen LogP contribution in [0.5, 0.6) is 0 Å². The van der Waals surface area contributed by atoms with Gasteiger partial charge in [-0.1, -0.05) is 60.7 Å². The SMILES string of the molecule is O=[S@@](c1ccc(F)cc1)c1ccccc1/C=C/c1ccccc1. The highest BCUT2D eigenvalue weighted by Gasteiger charge is 2.10. The Balaban J connectivity index is 1.93. The summed E-state index contributed by atoms with van der Waals surface area (Å²) in [6.45, 7) is 0. The fraction of sp³-hybridized carbons (Fsp3) is 0. The zero-order valence-corrected chi connectivity index (χ0v) is 13.2. The fourth-order valence-electron chi connectivity index (χ4n) is 2.22. The lowest BCUT2D eigenvalue weighted by atomic mass is 10.1. The molecule has 0 fully saturated rings. The van der Waals surface area contributed by atoms with Crippen molar-refractivity contribution in [2.45, 2.75) is 9.79 Å². The first-order valence-electron chi connectivity index (χ1n) is 7.23. The molecule has 0 unspecified atom stereocenters. The van der Waals surface area contributed by atoms with Gasteiger partial charge in [-0.15, -0.1) is 0 Å². The van der Waals surface area contributed by atoms with Crippen molar-refractivity contribution in [3.63, 3.8) is 0 Å². The van der Waals surface area contributed by atoms with Crippen molar-refractivity contribution < 1.29 is 8.60 Å². The molecule has 3 heteroatoms. The molecule has 0 heterocycles. The highest BCUT2D eigenvalue weighted by Crippen LogP contribution is 2.22. The second kappa shape index (κ2) is 7.16. The van der Waals surface area contributed by atoms with Gasteiger partial charge in [-0.2, -0.15) is 0 Å². The minimum Gasteiger partial charge on any atom is -0.249 e. The second-order valence-corrected chi connectivity index (χ2v) is 6.45. The molecule has 3 rings (SSSR count). The minimum atomic E-state index is -1.34. The van der Waals surface area contributed by atoms with E-state index >= 15 is 0 Å². The third-order valence-electron chi connectivity index (χ3n) is 3.40. The first-order chi connectivity index (χ1) is 11.2. The lowest BCUT2D eigenvalue weighted by Gasteiger charge is -2.06. The zero-order valence-electron chi connectivity index (χ0n) is 12.4. The van der Waals surface area contributed by atoms with Crippen LogP contribution in [0.4, 0.5) is 4.39 Å². The van der Waals surface area contributed by atoms with E-state index in [4.69, 9.17) is 0 Å². The molecule has 114 valence electrons. The molecule has 0 aliphatic carbocycles. The van der Waals surface area contributed by atoms with Crippen LogP contribution in [0, 0.1) is 5.82 Å². The Morgan fingerprint density at radius 1 is 0.739 bits per heavy atom. The van der Waals surface area contributed by atoms with Gasteiger partial charge in [0.25, 0.3) is 0 Å². The first-order valence-corrected chi connectivity index (χ1v) is 8.38. The largest absolute Gasteiger partial charge is 0.249 e. The number of rotatable bonds is 4. The summed E-state index contributed by atoms with van der Waals surface area (Å²) in [7, 11) is -1.34. The van der Waals surface area contributed by atoms with Gasteiger partial charge in [-0.05, 0) is 41.5 Å². The Kier molecular flexibility index (Phi) is 4.79. The Labute approximate surface area is 137 Å². The zero-order chi connectivity index (χ0) is 16.1. The predicted molar refractivity (Wildman–Crippen MR) is 92.9 cm³/mol. The van der Waals surface area contributed by atoms with Crippen LogP contribution in [0.15, 0.2) is 88.7 Å². The highest BCUT2D eigenvalue weighted by molar-refractivity contribution is 7.85. The summed E-state index contributed by atoms with van der Waals surface area (Å²) in [6.07, 6.45) is 3.94. The number of benzene rings is 3. The Morgan fingerprint density at radius 3 is 2.13 bits per heavy atom. The van der Waals surface area contributed by atoms with Crippen LogP contribution < -0.4 is 0 Å². The number of hydrogen-bond donors (Lipinski definition) is 0. The van der Waals surface area contributed by atoms with Crippen LogP contribution in [0.25, 0.3) is 12.2 Å². The molecule has 0 saturated heterocycles. The van der Waals surface area contributed by atoms with E-state index in [1.54, 1.807) is 12.1 Å². The Hall–Kier alpha value is -2.52. The van der Waals surface area contributed by atoms with E-state index in [2.05, 4.69) is 0 Å². The van der Waals surface area contributed by atoms with E-state index in [-0.39, 0.29) is 5.82 Å². The van der Waals surface area contributed by atoms with Crippen LogP contribution in [0.2, 0.25) is 0 Å².